The largest absolute Gasteiger partial charge is 0.373 e. The maximum atomic E-state index is 6.26. The number of hydrogen-bond acceptors (Lipinski definition) is 5. The average molecular weight is 197 g/mol. The first kappa shape index (κ1) is 9.61. The SMILES string of the molecule is Cc1nc(C2(N)CCOC2(C)C)no1. The van der Waals surface area contributed by atoms with Crippen molar-refractivity contribution in [2.75, 3.05) is 6.61 Å². The van der Waals surface area contributed by atoms with Crippen molar-refractivity contribution in [2.24, 2.45) is 5.73 Å². The number of nitrogens with two attached hydrogens (primary N) is 1. The Kier molecular flexibility index (Phi) is 1.90. The second kappa shape index (κ2) is 2.77. The standard InChI is InChI=1S/C9H15N3O2/c1-6-11-7(12-14-6)9(10)4-5-13-8(9,2)3/h4-5,10H2,1-3H3. The fourth-order valence-corrected chi connectivity index (χ4v) is 1.76. The van der Waals surface area contributed by atoms with E-state index in [-0.39, 0.29) is 0 Å². The lowest BCUT2D eigenvalue weighted by molar-refractivity contribution is -0.00394. The Hall–Kier alpha value is -0.940. The Labute approximate surface area is 82.6 Å². The van der Waals surface area contributed by atoms with Crippen LogP contribution >= 0.6 is 0 Å². The average Bonchev–Trinajstić information content (AvgIpc) is 2.60. The zero-order chi connectivity index (χ0) is 10.4. The highest BCUT2D eigenvalue weighted by atomic mass is 16.5. The molecule has 2 N–H and O–H groups in total. The lowest BCUT2D eigenvalue weighted by atomic mass is 9.82. The van der Waals surface area contributed by atoms with E-state index in [1.807, 2.05) is 13.8 Å². The second-order valence-electron chi connectivity index (χ2n) is 4.22. The summed E-state index contributed by atoms with van der Waals surface area (Å²) >= 11 is 0. The van der Waals surface area contributed by atoms with Crippen LogP contribution in [0.5, 0.6) is 0 Å². The van der Waals surface area contributed by atoms with Gasteiger partial charge in [-0.3, -0.25) is 0 Å². The molecule has 2 rings (SSSR count). The molecule has 0 aromatic carbocycles. The Morgan fingerprint density at radius 1 is 1.43 bits per heavy atom. The zero-order valence-corrected chi connectivity index (χ0v) is 8.70. The van der Waals surface area contributed by atoms with Gasteiger partial charge in [-0.2, -0.15) is 4.98 Å². The molecule has 0 spiro atoms. The van der Waals surface area contributed by atoms with Crippen LogP contribution < -0.4 is 5.73 Å². The van der Waals surface area contributed by atoms with Gasteiger partial charge in [0.15, 0.2) is 5.82 Å². The van der Waals surface area contributed by atoms with Crippen LogP contribution in [0.4, 0.5) is 0 Å². The van der Waals surface area contributed by atoms with Crippen molar-refractivity contribution in [2.45, 2.75) is 38.3 Å². The molecular weight excluding hydrogens is 182 g/mol. The fourth-order valence-electron chi connectivity index (χ4n) is 1.76. The molecule has 0 amide bonds. The number of aromatic nitrogens is 2. The Balaban J connectivity index is 2.41. The van der Waals surface area contributed by atoms with Crippen molar-refractivity contribution in [1.82, 2.24) is 10.1 Å². The van der Waals surface area contributed by atoms with Gasteiger partial charge in [-0.1, -0.05) is 5.16 Å². The van der Waals surface area contributed by atoms with Gasteiger partial charge in [0.25, 0.3) is 0 Å². The molecular formula is C9H15N3O2. The van der Waals surface area contributed by atoms with Crippen molar-refractivity contribution in [3.8, 4) is 0 Å². The maximum Gasteiger partial charge on any atom is 0.223 e. The van der Waals surface area contributed by atoms with Crippen LogP contribution in [0.3, 0.4) is 0 Å². The maximum absolute atomic E-state index is 6.26. The first-order chi connectivity index (χ1) is 6.46. The Morgan fingerprint density at radius 3 is 2.57 bits per heavy atom. The summed E-state index contributed by atoms with van der Waals surface area (Å²) in [4.78, 5) is 4.18. The normalized spacial score (nSPS) is 30.9. The number of rotatable bonds is 1. The molecule has 0 aliphatic carbocycles. The topological polar surface area (TPSA) is 74.2 Å². The summed E-state index contributed by atoms with van der Waals surface area (Å²) in [5.41, 5.74) is 5.19. The molecule has 1 saturated heterocycles. The molecule has 5 nitrogen and oxygen atoms in total. The van der Waals surface area contributed by atoms with E-state index < -0.39 is 11.1 Å². The van der Waals surface area contributed by atoms with Crippen molar-refractivity contribution >= 4 is 0 Å². The molecule has 1 unspecified atom stereocenters. The van der Waals surface area contributed by atoms with Crippen LogP contribution in [0.15, 0.2) is 4.52 Å². The summed E-state index contributed by atoms with van der Waals surface area (Å²) in [6.07, 6.45) is 0.721. The molecule has 1 aromatic rings. The zero-order valence-electron chi connectivity index (χ0n) is 8.70. The van der Waals surface area contributed by atoms with E-state index in [2.05, 4.69) is 10.1 Å². The van der Waals surface area contributed by atoms with E-state index in [0.29, 0.717) is 18.3 Å². The smallest absolute Gasteiger partial charge is 0.223 e. The van der Waals surface area contributed by atoms with Gasteiger partial charge in [0, 0.05) is 13.5 Å². The molecule has 1 aromatic heterocycles. The van der Waals surface area contributed by atoms with Crippen molar-refractivity contribution in [1.29, 1.82) is 0 Å². The van der Waals surface area contributed by atoms with Gasteiger partial charge in [-0.05, 0) is 20.3 Å². The van der Waals surface area contributed by atoms with Crippen molar-refractivity contribution in [3.63, 3.8) is 0 Å². The fraction of sp³-hybridized carbons (Fsp3) is 0.778. The van der Waals surface area contributed by atoms with E-state index in [1.165, 1.54) is 0 Å². The molecule has 1 atom stereocenters. The van der Waals surface area contributed by atoms with Crippen LogP contribution in [-0.4, -0.2) is 22.3 Å². The monoisotopic (exact) mass is 197 g/mol. The predicted octanol–water partition coefficient (Wildman–Crippen LogP) is 0.731. The van der Waals surface area contributed by atoms with E-state index in [9.17, 15) is 0 Å². The molecule has 1 aliphatic heterocycles. The molecule has 14 heavy (non-hydrogen) atoms. The van der Waals surface area contributed by atoms with Gasteiger partial charge >= 0.3 is 0 Å². The molecule has 1 fully saturated rings. The van der Waals surface area contributed by atoms with Crippen LogP contribution in [0.2, 0.25) is 0 Å². The first-order valence-electron chi connectivity index (χ1n) is 4.69. The van der Waals surface area contributed by atoms with Crippen molar-refractivity contribution in [3.05, 3.63) is 11.7 Å². The number of aryl methyl sites for hydroxylation is 1. The molecule has 5 heteroatoms. The minimum absolute atomic E-state index is 0.441. The summed E-state index contributed by atoms with van der Waals surface area (Å²) < 4.78 is 10.5. The summed E-state index contributed by atoms with van der Waals surface area (Å²) in [5, 5.41) is 3.87. The van der Waals surface area contributed by atoms with Gasteiger partial charge in [0.05, 0.1) is 5.60 Å². The second-order valence-corrected chi connectivity index (χ2v) is 4.22. The Bertz CT molecular complexity index is 348. The highest BCUT2D eigenvalue weighted by Crippen LogP contribution is 2.39. The third-order valence-electron chi connectivity index (χ3n) is 2.96. The molecule has 78 valence electrons. The van der Waals surface area contributed by atoms with Gasteiger partial charge in [0.1, 0.15) is 5.54 Å². The van der Waals surface area contributed by atoms with Crippen LogP contribution in [0.1, 0.15) is 32.0 Å². The van der Waals surface area contributed by atoms with Crippen LogP contribution in [0.25, 0.3) is 0 Å². The lowest BCUT2D eigenvalue weighted by Gasteiger charge is -2.33. The summed E-state index contributed by atoms with van der Waals surface area (Å²) in [6.45, 7) is 6.29. The molecule has 1 aliphatic rings. The van der Waals surface area contributed by atoms with Gasteiger partial charge in [-0.15, -0.1) is 0 Å². The Morgan fingerprint density at radius 2 is 2.14 bits per heavy atom. The van der Waals surface area contributed by atoms with E-state index in [0.717, 1.165) is 6.42 Å². The third-order valence-corrected chi connectivity index (χ3v) is 2.96. The van der Waals surface area contributed by atoms with Gasteiger partial charge in [-0.25, -0.2) is 0 Å². The number of nitrogens with zero attached hydrogens (tertiary/aromatic N) is 2. The third kappa shape index (κ3) is 1.16. The molecule has 0 bridgehead atoms. The summed E-state index contributed by atoms with van der Waals surface area (Å²) in [7, 11) is 0. The summed E-state index contributed by atoms with van der Waals surface area (Å²) in [5.74, 6) is 1.07. The van der Waals surface area contributed by atoms with Crippen LogP contribution in [0, 0.1) is 6.92 Å². The number of hydrogen-bond donors (Lipinski definition) is 1. The van der Waals surface area contributed by atoms with E-state index in [4.69, 9.17) is 15.0 Å². The molecule has 0 saturated carbocycles. The van der Waals surface area contributed by atoms with Gasteiger partial charge < -0.3 is 15.0 Å². The van der Waals surface area contributed by atoms with Crippen LogP contribution in [-0.2, 0) is 10.3 Å². The van der Waals surface area contributed by atoms with E-state index >= 15 is 0 Å². The first-order valence-corrected chi connectivity index (χ1v) is 4.69. The van der Waals surface area contributed by atoms with E-state index in [1.54, 1.807) is 6.92 Å². The highest BCUT2D eigenvalue weighted by Gasteiger charge is 2.51. The lowest BCUT2D eigenvalue weighted by Crippen LogP contribution is -2.51. The minimum Gasteiger partial charge on any atom is -0.373 e. The van der Waals surface area contributed by atoms with Crippen molar-refractivity contribution < 1.29 is 9.26 Å². The predicted molar refractivity (Wildman–Crippen MR) is 49.5 cm³/mol. The molecule has 2 heterocycles. The van der Waals surface area contributed by atoms with Gasteiger partial charge in [0.2, 0.25) is 5.89 Å². The minimum atomic E-state index is -0.634. The molecule has 0 radical (unpaired) electrons. The highest BCUT2D eigenvalue weighted by molar-refractivity contribution is 5.14. The quantitative estimate of drug-likeness (QED) is 0.718. The summed E-state index contributed by atoms with van der Waals surface area (Å²) in [6, 6.07) is 0. The number of ether oxygens (including phenoxy) is 1.